The van der Waals surface area contributed by atoms with Crippen LogP contribution in [0.1, 0.15) is 0 Å². The van der Waals surface area contributed by atoms with E-state index in [0.717, 1.165) is 6.07 Å². The predicted octanol–water partition coefficient (Wildman–Crippen LogP) is 4.29. The van der Waals surface area contributed by atoms with E-state index in [1.165, 1.54) is 12.1 Å². The smallest absolute Gasteiger partial charge is 0.404 e. The van der Waals surface area contributed by atoms with Gasteiger partial charge in [0.2, 0.25) is 0 Å². The van der Waals surface area contributed by atoms with Crippen molar-refractivity contribution in [3.05, 3.63) is 28.5 Å². The normalized spacial score (nSPS) is 13.6. The molecule has 0 aromatic heterocycles. The summed E-state index contributed by atoms with van der Waals surface area (Å²) in [4.78, 5) is -1.78. The molecule has 0 saturated carbocycles. The summed E-state index contributed by atoms with van der Waals surface area (Å²) in [6, 6.07) is 3.59. The molecule has 0 fully saturated rings. The van der Waals surface area contributed by atoms with Gasteiger partial charge in [0.15, 0.2) is 0 Å². The molecule has 0 bridgehead atoms. The van der Waals surface area contributed by atoms with E-state index in [2.05, 4.69) is 31.9 Å². The number of rotatable bonds is 3. The molecule has 1 nitrogen and oxygen atoms in total. The van der Waals surface area contributed by atoms with Crippen molar-refractivity contribution >= 4 is 31.9 Å². The lowest BCUT2D eigenvalue weighted by Gasteiger charge is -2.14. The first-order valence-electron chi connectivity index (χ1n) is 4.08. The van der Waals surface area contributed by atoms with Gasteiger partial charge in [0, 0.05) is 10.5 Å². The third-order valence-electron chi connectivity index (χ3n) is 1.59. The highest BCUT2D eigenvalue weighted by atomic mass is 79.9. The van der Waals surface area contributed by atoms with E-state index in [0.29, 0.717) is 4.47 Å². The summed E-state index contributed by atoms with van der Waals surface area (Å²) in [6.45, 7) is -0.612. The standard InChI is InChI=1S/C9H6Br2F4O/c10-5-1-6(12)3-7(2-5)16-4-8(11)9(13,14)15/h1-3,8H,4H2. The van der Waals surface area contributed by atoms with Crippen LogP contribution < -0.4 is 4.74 Å². The zero-order chi connectivity index (χ0) is 12.3. The van der Waals surface area contributed by atoms with E-state index in [1.54, 1.807) is 0 Å². The van der Waals surface area contributed by atoms with Gasteiger partial charge in [-0.3, -0.25) is 0 Å². The molecule has 0 aliphatic rings. The maximum absolute atomic E-state index is 12.8. The van der Waals surface area contributed by atoms with Gasteiger partial charge >= 0.3 is 6.18 Å². The highest BCUT2D eigenvalue weighted by Crippen LogP contribution is 2.28. The summed E-state index contributed by atoms with van der Waals surface area (Å²) >= 11 is 5.44. The van der Waals surface area contributed by atoms with Crippen molar-refractivity contribution in [2.24, 2.45) is 0 Å². The second-order valence-corrected chi connectivity index (χ2v) is 4.95. The molecule has 1 unspecified atom stereocenters. The van der Waals surface area contributed by atoms with Gasteiger partial charge in [0.1, 0.15) is 23.0 Å². The number of benzene rings is 1. The molecule has 16 heavy (non-hydrogen) atoms. The molecule has 0 heterocycles. The topological polar surface area (TPSA) is 9.23 Å². The molecule has 0 N–H and O–H groups in total. The Morgan fingerprint density at radius 3 is 2.38 bits per heavy atom. The zero-order valence-electron chi connectivity index (χ0n) is 7.69. The van der Waals surface area contributed by atoms with E-state index in [1.807, 2.05) is 0 Å². The molecule has 1 atom stereocenters. The van der Waals surface area contributed by atoms with Gasteiger partial charge in [-0.05, 0) is 12.1 Å². The van der Waals surface area contributed by atoms with Crippen molar-refractivity contribution in [3.63, 3.8) is 0 Å². The number of ether oxygens (including phenoxy) is 1. The number of alkyl halides is 4. The largest absolute Gasteiger partial charge is 0.492 e. The monoisotopic (exact) mass is 364 g/mol. The lowest BCUT2D eigenvalue weighted by atomic mass is 10.3. The van der Waals surface area contributed by atoms with Crippen LogP contribution in [0.25, 0.3) is 0 Å². The number of halogens is 6. The van der Waals surface area contributed by atoms with Crippen LogP contribution in [0.5, 0.6) is 5.75 Å². The summed E-state index contributed by atoms with van der Waals surface area (Å²) in [5.41, 5.74) is 0. The van der Waals surface area contributed by atoms with E-state index >= 15 is 0 Å². The van der Waals surface area contributed by atoms with Crippen molar-refractivity contribution in [2.45, 2.75) is 11.0 Å². The Morgan fingerprint density at radius 2 is 1.88 bits per heavy atom. The molecule has 0 aliphatic carbocycles. The van der Waals surface area contributed by atoms with Crippen LogP contribution in [-0.2, 0) is 0 Å². The van der Waals surface area contributed by atoms with Crippen molar-refractivity contribution in [1.29, 1.82) is 0 Å². The minimum atomic E-state index is -4.38. The Hall–Kier alpha value is -0.300. The number of hydrogen-bond donors (Lipinski definition) is 0. The highest BCUT2D eigenvalue weighted by molar-refractivity contribution is 9.10. The Labute approximate surface area is 106 Å². The van der Waals surface area contributed by atoms with Crippen LogP contribution in [0.15, 0.2) is 22.7 Å². The summed E-state index contributed by atoms with van der Waals surface area (Å²) < 4.78 is 54.4. The lowest BCUT2D eigenvalue weighted by molar-refractivity contribution is -0.132. The van der Waals surface area contributed by atoms with Crippen molar-refractivity contribution in [3.8, 4) is 5.75 Å². The molecule has 0 amide bonds. The maximum atomic E-state index is 12.8. The van der Waals surface area contributed by atoms with E-state index < -0.39 is 23.4 Å². The highest BCUT2D eigenvalue weighted by Gasteiger charge is 2.38. The second kappa shape index (κ2) is 5.35. The summed E-state index contributed by atoms with van der Waals surface area (Å²) in [6.07, 6.45) is -4.38. The van der Waals surface area contributed by atoms with Crippen LogP contribution in [0.2, 0.25) is 0 Å². The van der Waals surface area contributed by atoms with Crippen LogP contribution >= 0.6 is 31.9 Å². The second-order valence-electron chi connectivity index (χ2n) is 2.93. The molecule has 0 saturated heterocycles. The maximum Gasteiger partial charge on any atom is 0.404 e. The molecule has 0 aliphatic heterocycles. The SMILES string of the molecule is Fc1cc(Br)cc(OCC(Br)C(F)(F)F)c1. The average molecular weight is 366 g/mol. The van der Waals surface area contributed by atoms with Crippen LogP contribution in [0.3, 0.4) is 0 Å². The van der Waals surface area contributed by atoms with Gasteiger partial charge in [-0.1, -0.05) is 31.9 Å². The minimum Gasteiger partial charge on any atom is -0.492 e. The third kappa shape index (κ3) is 4.29. The molecule has 0 spiro atoms. The van der Waals surface area contributed by atoms with E-state index in [4.69, 9.17) is 4.74 Å². The Morgan fingerprint density at radius 1 is 1.25 bits per heavy atom. The summed E-state index contributed by atoms with van der Waals surface area (Å²) in [5.74, 6) is -0.539. The van der Waals surface area contributed by atoms with Gasteiger partial charge in [0.05, 0.1) is 0 Å². The fraction of sp³-hybridized carbons (Fsp3) is 0.333. The molecular formula is C9H6Br2F4O. The quantitative estimate of drug-likeness (QED) is 0.573. The molecule has 90 valence electrons. The van der Waals surface area contributed by atoms with Crippen LogP contribution in [0.4, 0.5) is 17.6 Å². The lowest BCUT2D eigenvalue weighted by Crippen LogP contribution is -2.28. The molecule has 1 rings (SSSR count). The zero-order valence-corrected chi connectivity index (χ0v) is 10.9. The summed E-state index contributed by atoms with van der Waals surface area (Å²) in [7, 11) is 0. The predicted molar refractivity (Wildman–Crippen MR) is 58.4 cm³/mol. The van der Waals surface area contributed by atoms with Gasteiger partial charge in [0.25, 0.3) is 0 Å². The first-order valence-corrected chi connectivity index (χ1v) is 5.79. The van der Waals surface area contributed by atoms with Gasteiger partial charge < -0.3 is 4.74 Å². The van der Waals surface area contributed by atoms with Crippen molar-refractivity contribution < 1.29 is 22.3 Å². The van der Waals surface area contributed by atoms with Gasteiger partial charge in [-0.2, -0.15) is 13.2 Å². The van der Waals surface area contributed by atoms with Crippen LogP contribution in [0, 0.1) is 5.82 Å². The van der Waals surface area contributed by atoms with Crippen molar-refractivity contribution in [2.75, 3.05) is 6.61 Å². The Kier molecular flexibility index (Phi) is 4.61. The molecule has 1 aromatic rings. The average Bonchev–Trinajstić information content (AvgIpc) is 2.11. The molecular weight excluding hydrogens is 360 g/mol. The summed E-state index contributed by atoms with van der Waals surface area (Å²) in [5, 5.41) is 0. The molecule has 7 heteroatoms. The Balaban J connectivity index is 2.61. The number of hydrogen-bond acceptors (Lipinski definition) is 1. The van der Waals surface area contributed by atoms with Gasteiger partial charge in [-0.25, -0.2) is 4.39 Å². The molecule has 0 radical (unpaired) electrons. The van der Waals surface area contributed by atoms with E-state index in [-0.39, 0.29) is 5.75 Å². The van der Waals surface area contributed by atoms with Crippen LogP contribution in [-0.4, -0.2) is 17.6 Å². The van der Waals surface area contributed by atoms with Gasteiger partial charge in [-0.15, -0.1) is 0 Å². The minimum absolute atomic E-state index is 0.0422. The Bertz CT molecular complexity index is 347. The molecule has 1 aromatic carbocycles. The van der Waals surface area contributed by atoms with E-state index in [9.17, 15) is 17.6 Å². The fourth-order valence-corrected chi connectivity index (χ4v) is 1.45. The third-order valence-corrected chi connectivity index (χ3v) is 2.83. The first kappa shape index (κ1) is 13.8. The first-order chi connectivity index (χ1) is 7.29. The van der Waals surface area contributed by atoms with Crippen molar-refractivity contribution in [1.82, 2.24) is 0 Å². The fourth-order valence-electron chi connectivity index (χ4n) is 0.876.